The number of hydrogen-bond donors (Lipinski definition) is 1. The Bertz CT molecular complexity index is 692. The van der Waals surface area contributed by atoms with E-state index in [1.54, 1.807) is 27.8 Å². The number of nitrogens with two attached hydrogens (primary N) is 1. The summed E-state index contributed by atoms with van der Waals surface area (Å²) in [5, 5.41) is 9.09. The highest BCUT2D eigenvalue weighted by Gasteiger charge is 2.30. The van der Waals surface area contributed by atoms with E-state index in [2.05, 4.69) is 5.10 Å². The predicted molar refractivity (Wildman–Crippen MR) is 81.4 cm³/mol. The zero-order chi connectivity index (χ0) is 17.4. The molecule has 0 unspecified atom stereocenters. The van der Waals surface area contributed by atoms with Crippen molar-refractivity contribution in [3.8, 4) is 5.88 Å². The number of hydrogen-bond acceptors (Lipinski definition) is 6. The van der Waals surface area contributed by atoms with Crippen LogP contribution in [0.15, 0.2) is 11.1 Å². The molecule has 1 aromatic heterocycles. The maximum atomic E-state index is 12.0. The van der Waals surface area contributed by atoms with Crippen molar-refractivity contribution in [1.82, 2.24) is 14.7 Å². The monoisotopic (exact) mass is 346 g/mol. The Hall–Kier alpha value is -1.81. The fraction of sp³-hybridized carbons (Fsp3) is 0.692. The van der Waals surface area contributed by atoms with Crippen LogP contribution in [0.3, 0.4) is 0 Å². The van der Waals surface area contributed by atoms with Gasteiger partial charge in [-0.15, -0.1) is 0 Å². The highest BCUT2D eigenvalue weighted by Crippen LogP contribution is 2.27. The van der Waals surface area contributed by atoms with Crippen molar-refractivity contribution in [3.05, 3.63) is 6.20 Å². The van der Waals surface area contributed by atoms with E-state index < -0.39 is 21.7 Å². The van der Waals surface area contributed by atoms with Crippen LogP contribution in [0, 0.1) is 5.92 Å². The minimum absolute atomic E-state index is 0.0340. The van der Waals surface area contributed by atoms with Gasteiger partial charge in [0.25, 0.3) is 0 Å². The molecule has 1 aromatic rings. The highest BCUT2D eigenvalue weighted by atomic mass is 32.2. The van der Waals surface area contributed by atoms with Crippen LogP contribution in [0.2, 0.25) is 0 Å². The average molecular weight is 346 g/mol. The molecule has 0 saturated carbocycles. The lowest BCUT2D eigenvalue weighted by molar-refractivity contribution is 0.0232. The van der Waals surface area contributed by atoms with E-state index in [4.69, 9.17) is 14.6 Å². The van der Waals surface area contributed by atoms with Gasteiger partial charge in [-0.2, -0.15) is 5.10 Å². The van der Waals surface area contributed by atoms with Gasteiger partial charge in [0, 0.05) is 19.5 Å². The summed E-state index contributed by atoms with van der Waals surface area (Å²) in [4.78, 5) is 13.3. The van der Waals surface area contributed by atoms with E-state index in [1.165, 1.54) is 15.8 Å². The first kappa shape index (κ1) is 17.5. The molecule has 0 radical (unpaired) electrons. The lowest BCUT2D eigenvalue weighted by Gasteiger charge is -2.29. The molecule has 0 spiro atoms. The molecule has 0 bridgehead atoms. The summed E-state index contributed by atoms with van der Waals surface area (Å²) >= 11 is 0. The largest absolute Gasteiger partial charge is 0.476 e. The summed E-state index contributed by atoms with van der Waals surface area (Å²) in [5.74, 6) is 0.108. The van der Waals surface area contributed by atoms with Gasteiger partial charge in [-0.25, -0.2) is 23.0 Å². The van der Waals surface area contributed by atoms with Gasteiger partial charge in [0.15, 0.2) is 4.90 Å². The first-order valence-corrected chi connectivity index (χ1v) is 8.67. The summed E-state index contributed by atoms with van der Waals surface area (Å²) in [6, 6.07) is 0. The SMILES string of the molecule is CN(C[C@H]1COc2c(S(N)(=O)=O)cnn2C1)C(=O)OC(C)(C)C. The molecule has 23 heavy (non-hydrogen) atoms. The molecule has 1 aliphatic rings. The number of carbonyl (C=O) groups is 1. The number of rotatable bonds is 3. The lowest BCUT2D eigenvalue weighted by Crippen LogP contribution is -2.40. The molecule has 2 rings (SSSR count). The van der Waals surface area contributed by atoms with Crippen molar-refractivity contribution < 1.29 is 22.7 Å². The van der Waals surface area contributed by atoms with Gasteiger partial charge in [-0.1, -0.05) is 0 Å². The molecule has 2 heterocycles. The summed E-state index contributed by atoms with van der Waals surface area (Å²) in [5.41, 5.74) is -0.562. The first-order chi connectivity index (χ1) is 10.5. The van der Waals surface area contributed by atoms with Gasteiger partial charge >= 0.3 is 6.09 Å². The van der Waals surface area contributed by atoms with Gasteiger partial charge in [0.2, 0.25) is 15.9 Å². The third-order valence-corrected chi connectivity index (χ3v) is 4.08. The van der Waals surface area contributed by atoms with Gasteiger partial charge in [0.05, 0.1) is 19.3 Å². The van der Waals surface area contributed by atoms with Crippen LogP contribution < -0.4 is 9.88 Å². The van der Waals surface area contributed by atoms with E-state index in [-0.39, 0.29) is 23.3 Å². The molecule has 130 valence electrons. The zero-order valence-electron chi connectivity index (χ0n) is 13.6. The summed E-state index contributed by atoms with van der Waals surface area (Å²) in [6.45, 7) is 6.49. The van der Waals surface area contributed by atoms with Crippen LogP contribution in [0.4, 0.5) is 4.79 Å². The maximum Gasteiger partial charge on any atom is 0.410 e. The number of sulfonamides is 1. The fourth-order valence-electron chi connectivity index (χ4n) is 2.23. The van der Waals surface area contributed by atoms with Gasteiger partial charge in [-0.05, 0) is 20.8 Å². The second kappa shape index (κ2) is 6.00. The van der Waals surface area contributed by atoms with E-state index >= 15 is 0 Å². The van der Waals surface area contributed by atoms with E-state index in [0.29, 0.717) is 13.1 Å². The molecule has 0 aliphatic carbocycles. The average Bonchev–Trinajstić information content (AvgIpc) is 2.79. The standard InChI is InChI=1S/C13H22N4O5S/c1-13(2,3)22-12(18)16(4)6-9-7-17-11(21-8-9)10(5-15-17)23(14,19)20/h5,9H,6-8H2,1-4H3,(H2,14,19,20)/t9-/m1/s1. The topological polar surface area (TPSA) is 117 Å². The van der Waals surface area contributed by atoms with Crippen molar-refractivity contribution in [3.63, 3.8) is 0 Å². The van der Waals surface area contributed by atoms with E-state index in [1.807, 2.05) is 0 Å². The van der Waals surface area contributed by atoms with Crippen LogP contribution in [0.5, 0.6) is 5.88 Å². The molecule has 1 amide bonds. The summed E-state index contributed by atoms with van der Waals surface area (Å²) in [7, 11) is -2.23. The second-order valence-corrected chi connectivity index (χ2v) is 8.11. The number of carbonyl (C=O) groups excluding carboxylic acids is 1. The molecular weight excluding hydrogens is 324 g/mol. The number of amides is 1. The van der Waals surface area contributed by atoms with Gasteiger partial charge in [0.1, 0.15) is 5.60 Å². The molecule has 0 aromatic carbocycles. The van der Waals surface area contributed by atoms with Crippen molar-refractivity contribution >= 4 is 16.1 Å². The summed E-state index contributed by atoms with van der Waals surface area (Å²) in [6.07, 6.45) is 0.749. The lowest BCUT2D eigenvalue weighted by atomic mass is 10.1. The molecule has 1 aliphatic heterocycles. The maximum absolute atomic E-state index is 12.0. The van der Waals surface area contributed by atoms with E-state index in [9.17, 15) is 13.2 Å². The Kier molecular flexibility index (Phi) is 4.58. The number of nitrogens with zero attached hydrogens (tertiary/aromatic N) is 3. The highest BCUT2D eigenvalue weighted by molar-refractivity contribution is 7.89. The molecule has 2 N–H and O–H groups in total. The van der Waals surface area contributed by atoms with Gasteiger partial charge in [-0.3, -0.25) is 0 Å². The van der Waals surface area contributed by atoms with Crippen molar-refractivity contribution in [1.29, 1.82) is 0 Å². The second-order valence-electron chi connectivity index (χ2n) is 6.58. The quantitative estimate of drug-likeness (QED) is 0.847. The molecular formula is C13H22N4O5S. The van der Waals surface area contributed by atoms with Crippen LogP contribution >= 0.6 is 0 Å². The van der Waals surface area contributed by atoms with Crippen molar-refractivity contribution in [2.75, 3.05) is 20.2 Å². The van der Waals surface area contributed by atoms with Crippen LogP contribution in [0.1, 0.15) is 20.8 Å². The van der Waals surface area contributed by atoms with E-state index in [0.717, 1.165) is 0 Å². The molecule has 9 nitrogen and oxygen atoms in total. The fourth-order valence-corrected chi connectivity index (χ4v) is 2.84. The Morgan fingerprint density at radius 2 is 2.22 bits per heavy atom. The van der Waals surface area contributed by atoms with Crippen molar-refractivity contribution in [2.45, 2.75) is 37.8 Å². The van der Waals surface area contributed by atoms with Crippen LogP contribution in [-0.2, 0) is 21.3 Å². The minimum atomic E-state index is -3.87. The van der Waals surface area contributed by atoms with Crippen LogP contribution in [0.25, 0.3) is 0 Å². The number of primary sulfonamides is 1. The summed E-state index contributed by atoms with van der Waals surface area (Å²) < 4.78 is 35.1. The Morgan fingerprint density at radius 1 is 1.57 bits per heavy atom. The smallest absolute Gasteiger partial charge is 0.410 e. The predicted octanol–water partition coefficient (Wildman–Crippen LogP) is 0.406. The molecule has 1 atom stereocenters. The normalized spacial score (nSPS) is 18.0. The zero-order valence-corrected chi connectivity index (χ0v) is 14.5. The Labute approximate surface area is 135 Å². The number of fused-ring (bicyclic) bond motifs is 1. The minimum Gasteiger partial charge on any atom is -0.476 e. The van der Waals surface area contributed by atoms with Gasteiger partial charge < -0.3 is 14.4 Å². The molecule has 0 fully saturated rings. The van der Waals surface area contributed by atoms with Crippen molar-refractivity contribution in [2.24, 2.45) is 11.1 Å². The number of ether oxygens (including phenoxy) is 2. The Balaban J connectivity index is 2.01. The number of aromatic nitrogens is 2. The molecule has 10 heteroatoms. The third kappa shape index (κ3) is 4.35. The first-order valence-electron chi connectivity index (χ1n) is 7.13. The molecule has 0 saturated heterocycles. The van der Waals surface area contributed by atoms with Crippen LogP contribution in [-0.4, -0.2) is 55.0 Å². The third-order valence-electron chi connectivity index (χ3n) is 3.19. The Morgan fingerprint density at radius 3 is 2.78 bits per heavy atom.